The van der Waals surface area contributed by atoms with E-state index in [1.165, 1.54) is 6.08 Å². The van der Waals surface area contributed by atoms with Gasteiger partial charge >= 0.3 is 0 Å². The van der Waals surface area contributed by atoms with Crippen LogP contribution in [0, 0.1) is 0 Å². The predicted molar refractivity (Wildman–Crippen MR) is 74.1 cm³/mol. The van der Waals surface area contributed by atoms with Crippen molar-refractivity contribution < 1.29 is 13.2 Å². The average molecular weight is 256 g/mol. The van der Waals surface area contributed by atoms with Gasteiger partial charge in [0.15, 0.2) is 9.84 Å². The van der Waals surface area contributed by atoms with Crippen LogP contribution in [0.25, 0.3) is 0 Å². The zero-order valence-corrected chi connectivity index (χ0v) is 12.7. The van der Waals surface area contributed by atoms with Gasteiger partial charge in [-0.2, -0.15) is 0 Å². The Labute approximate surface area is 97.7 Å². The molecule has 0 aliphatic carbocycles. The summed E-state index contributed by atoms with van der Waals surface area (Å²) in [6.07, 6.45) is 2.31. The maximum atomic E-state index is 10.4. The van der Waals surface area contributed by atoms with Crippen molar-refractivity contribution in [3.8, 4) is 0 Å². The third-order valence-corrected chi connectivity index (χ3v) is 1.82. The summed E-state index contributed by atoms with van der Waals surface area (Å²) in [5.41, 5.74) is 0. The first-order valence-corrected chi connectivity index (χ1v) is 7.44. The van der Waals surface area contributed by atoms with Crippen molar-refractivity contribution in [2.45, 2.75) is 13.8 Å². The van der Waals surface area contributed by atoms with Crippen molar-refractivity contribution in [3.63, 3.8) is 0 Å². The van der Waals surface area contributed by atoms with Crippen molar-refractivity contribution in [1.29, 1.82) is 0 Å². The Morgan fingerprint density at radius 2 is 1.47 bits per heavy atom. The molecule has 94 valence electrons. The number of hydrogen-bond acceptors (Lipinski definition) is 3. The van der Waals surface area contributed by atoms with E-state index in [0.717, 1.165) is 6.26 Å². The van der Waals surface area contributed by atoms with Gasteiger partial charge in [-0.15, -0.1) is 9.24 Å². The fraction of sp³-hybridized carbons (Fsp3) is 0.600. The maximum Gasteiger partial charge on any atom is 0.174 e. The normalized spacial score (nSPS) is 7.67. The number of rotatable bonds is 2. The highest BCUT2D eigenvalue weighted by atomic mass is 32.2. The molecule has 0 aliphatic heterocycles. The number of ether oxygens (including phenoxy) is 1. The van der Waals surface area contributed by atoms with E-state index in [4.69, 9.17) is 0 Å². The van der Waals surface area contributed by atoms with Crippen LogP contribution in [0.4, 0.5) is 0 Å². The van der Waals surface area contributed by atoms with Crippen LogP contribution >= 0.6 is 9.24 Å². The molecular formula is C10H25O3PS. The first-order chi connectivity index (χ1) is 6.90. The molecule has 1 unspecified atom stereocenters. The summed E-state index contributed by atoms with van der Waals surface area (Å²) in [6, 6.07) is 0. The van der Waals surface area contributed by atoms with Crippen molar-refractivity contribution in [2.75, 3.05) is 27.1 Å². The number of methoxy groups -OCH3 is 1. The summed E-state index contributed by atoms with van der Waals surface area (Å²) < 4.78 is 25.0. The lowest BCUT2D eigenvalue weighted by atomic mass is 10.6. The second-order valence-corrected chi connectivity index (χ2v) is 3.92. The molecule has 0 aliphatic rings. The summed E-state index contributed by atoms with van der Waals surface area (Å²) in [4.78, 5) is 0.0671. The maximum absolute atomic E-state index is 10.4. The molecule has 0 spiro atoms. The highest BCUT2D eigenvalue weighted by molar-refractivity contribution is 7.94. The minimum atomic E-state index is -3.07. The molecule has 0 saturated heterocycles. The van der Waals surface area contributed by atoms with E-state index in [-0.39, 0.29) is 4.91 Å². The van der Waals surface area contributed by atoms with Crippen LogP contribution in [0.1, 0.15) is 13.8 Å². The summed E-state index contributed by atoms with van der Waals surface area (Å²) in [5.74, 6) is 0. The molecule has 1 atom stereocenters. The molecule has 0 radical (unpaired) electrons. The Kier molecular flexibility index (Phi) is 31.3. The van der Waals surface area contributed by atoms with Gasteiger partial charge in [0.1, 0.15) is 0 Å². The SMILES string of the molecule is C=CC(=C)S(C)(=O)=O.CC.COC.CP. The fourth-order valence-electron chi connectivity index (χ4n) is 0.151. The number of sulfone groups is 1. The Bertz CT molecular complexity index is 221. The fourth-order valence-corrected chi connectivity index (χ4v) is 0.454. The molecule has 0 aromatic heterocycles. The zero-order valence-electron chi connectivity index (χ0n) is 10.7. The van der Waals surface area contributed by atoms with Crippen molar-refractivity contribution in [3.05, 3.63) is 24.1 Å². The molecular weight excluding hydrogens is 231 g/mol. The van der Waals surface area contributed by atoms with Crippen LogP contribution < -0.4 is 0 Å². The molecule has 0 aromatic rings. The average Bonchev–Trinajstić information content (AvgIpc) is 2.22. The minimum absolute atomic E-state index is 0.0671. The predicted octanol–water partition coefficient (Wildman–Crippen LogP) is 2.51. The van der Waals surface area contributed by atoms with Gasteiger partial charge in [0.25, 0.3) is 0 Å². The topological polar surface area (TPSA) is 43.4 Å². The van der Waals surface area contributed by atoms with Gasteiger partial charge in [0.05, 0.1) is 4.91 Å². The highest BCUT2D eigenvalue weighted by Gasteiger charge is 2.01. The third-order valence-electron chi connectivity index (χ3n) is 0.704. The van der Waals surface area contributed by atoms with E-state index in [2.05, 4.69) is 27.1 Å². The quantitative estimate of drug-likeness (QED) is 0.563. The molecule has 0 fully saturated rings. The first-order valence-electron chi connectivity index (χ1n) is 4.39. The second-order valence-electron chi connectivity index (χ2n) is 1.85. The van der Waals surface area contributed by atoms with Crippen LogP contribution in [0.15, 0.2) is 24.1 Å². The van der Waals surface area contributed by atoms with Crippen LogP contribution in [0.2, 0.25) is 0 Å². The molecule has 0 bridgehead atoms. The van der Waals surface area contributed by atoms with Crippen molar-refractivity contribution in [1.82, 2.24) is 0 Å². The molecule has 3 nitrogen and oxygen atoms in total. The van der Waals surface area contributed by atoms with E-state index >= 15 is 0 Å². The van der Waals surface area contributed by atoms with Crippen LogP contribution in [0.3, 0.4) is 0 Å². The molecule has 0 amide bonds. The molecule has 0 rings (SSSR count). The molecule has 0 N–H and O–H groups in total. The molecule has 0 heterocycles. The molecule has 5 heteroatoms. The van der Waals surface area contributed by atoms with E-state index < -0.39 is 9.84 Å². The molecule has 15 heavy (non-hydrogen) atoms. The smallest absolute Gasteiger partial charge is 0.174 e. The Morgan fingerprint density at radius 3 is 1.47 bits per heavy atom. The summed E-state index contributed by atoms with van der Waals surface area (Å²) in [7, 11) is 2.60. The standard InChI is InChI=1S/C5H8O2S.C2H6O.C2H6.CH5P/c1-4-5(2)8(3,6)7;1-3-2;2*1-2/h4H,1-2H2,3H3;1-2H3;1-2H3;2H2,1H3. The van der Waals surface area contributed by atoms with E-state index in [1.807, 2.05) is 20.5 Å². The minimum Gasteiger partial charge on any atom is -0.388 e. The monoisotopic (exact) mass is 256 g/mol. The van der Waals surface area contributed by atoms with Crippen LogP contribution in [-0.4, -0.2) is 35.6 Å². The third kappa shape index (κ3) is 31.6. The van der Waals surface area contributed by atoms with Crippen LogP contribution in [-0.2, 0) is 14.6 Å². The summed E-state index contributed by atoms with van der Waals surface area (Å²) >= 11 is 0. The van der Waals surface area contributed by atoms with E-state index in [0.29, 0.717) is 0 Å². The molecule has 0 aromatic carbocycles. The van der Waals surface area contributed by atoms with Gasteiger partial charge in [0, 0.05) is 20.5 Å². The summed E-state index contributed by atoms with van der Waals surface area (Å²) in [6.45, 7) is 12.4. The Balaban J connectivity index is -0.0000000726. The number of allylic oxidation sites excluding steroid dienone is 1. The Hall–Kier alpha value is -0.180. The van der Waals surface area contributed by atoms with Gasteiger partial charge in [0.2, 0.25) is 0 Å². The van der Waals surface area contributed by atoms with Gasteiger partial charge in [-0.05, 0) is 0 Å². The van der Waals surface area contributed by atoms with Crippen LogP contribution in [0.5, 0.6) is 0 Å². The van der Waals surface area contributed by atoms with E-state index in [9.17, 15) is 8.42 Å². The zero-order chi connectivity index (χ0) is 13.5. The van der Waals surface area contributed by atoms with Gasteiger partial charge in [-0.25, -0.2) is 8.42 Å². The van der Waals surface area contributed by atoms with Crippen molar-refractivity contribution in [2.24, 2.45) is 0 Å². The lowest BCUT2D eigenvalue weighted by molar-refractivity contribution is 0.277. The first kappa shape index (κ1) is 24.2. The lowest BCUT2D eigenvalue weighted by Gasteiger charge is -1.90. The lowest BCUT2D eigenvalue weighted by Crippen LogP contribution is -1.95. The van der Waals surface area contributed by atoms with Gasteiger partial charge in [-0.3, -0.25) is 0 Å². The molecule has 0 saturated carbocycles. The second kappa shape index (κ2) is 19.4. The highest BCUT2D eigenvalue weighted by Crippen LogP contribution is 1.99. The van der Waals surface area contributed by atoms with Gasteiger partial charge in [-0.1, -0.05) is 39.7 Å². The number of hydrogen-bond donors (Lipinski definition) is 0. The largest absolute Gasteiger partial charge is 0.388 e. The van der Waals surface area contributed by atoms with E-state index in [1.54, 1.807) is 14.2 Å². The van der Waals surface area contributed by atoms with Crippen molar-refractivity contribution >= 4 is 19.1 Å². The Morgan fingerprint density at radius 1 is 1.27 bits per heavy atom. The summed E-state index contributed by atoms with van der Waals surface area (Å²) in [5, 5.41) is 0. The van der Waals surface area contributed by atoms with Gasteiger partial charge < -0.3 is 4.74 Å².